The van der Waals surface area contributed by atoms with Crippen molar-refractivity contribution >= 4 is 11.9 Å². The molecule has 3 heteroatoms. The number of nitrogens with two attached hydrogens (primary N) is 1. The minimum absolute atomic E-state index is 0.997. The van der Waals surface area contributed by atoms with Crippen LogP contribution in [-0.2, 0) is 0 Å². The molecule has 0 fully saturated rings. The molecule has 0 rings (SSSR count). The molecule has 0 aliphatic heterocycles. The van der Waals surface area contributed by atoms with Gasteiger partial charge in [-0.3, -0.25) is 5.14 Å². The van der Waals surface area contributed by atoms with Gasteiger partial charge in [0.25, 0.3) is 0 Å². The van der Waals surface area contributed by atoms with Gasteiger partial charge in [0.15, 0.2) is 0 Å². The minimum atomic E-state index is 0.997. The van der Waals surface area contributed by atoms with E-state index >= 15 is 0 Å². The Morgan fingerprint density at radius 1 is 1.83 bits per heavy atom. The summed E-state index contributed by atoms with van der Waals surface area (Å²) in [6, 6.07) is 0. The molecule has 0 aromatic heterocycles. The number of rotatable bonds is 3. The number of nitrogens with one attached hydrogen (secondary N) is 1. The first-order valence-electron chi connectivity index (χ1n) is 1.88. The lowest BCUT2D eigenvalue weighted by atomic mass is 10.8. The summed E-state index contributed by atoms with van der Waals surface area (Å²) in [6.07, 6.45) is 0. The standard InChI is InChI=1S/C3H10N2S/c1-5-2-3-6-4/h5H,2-4H2,1H3. The Bertz CT molecular complexity index is 20.8. The summed E-state index contributed by atoms with van der Waals surface area (Å²) in [7, 11) is 1.91. The Balaban J connectivity index is 2.34. The fraction of sp³-hybridized carbons (Fsp3) is 1.00. The second kappa shape index (κ2) is 5.27. The fourth-order valence-corrected chi connectivity index (χ4v) is 0.483. The Morgan fingerprint density at radius 3 is 2.67 bits per heavy atom. The van der Waals surface area contributed by atoms with Gasteiger partial charge in [0.05, 0.1) is 0 Å². The molecule has 0 aliphatic rings. The zero-order valence-corrected chi connectivity index (χ0v) is 4.72. The third-order valence-corrected chi connectivity index (χ3v) is 0.910. The molecule has 0 aliphatic carbocycles. The monoisotopic (exact) mass is 106 g/mol. The van der Waals surface area contributed by atoms with Gasteiger partial charge in [-0.25, -0.2) is 0 Å². The van der Waals surface area contributed by atoms with E-state index in [2.05, 4.69) is 5.32 Å². The highest BCUT2D eigenvalue weighted by atomic mass is 32.2. The Morgan fingerprint density at radius 2 is 2.50 bits per heavy atom. The maximum absolute atomic E-state index is 5.09. The van der Waals surface area contributed by atoms with Crippen molar-refractivity contribution in [1.29, 1.82) is 0 Å². The van der Waals surface area contributed by atoms with E-state index in [1.165, 1.54) is 11.9 Å². The molecule has 0 radical (unpaired) electrons. The molecule has 0 heterocycles. The molecule has 6 heavy (non-hydrogen) atoms. The molecular formula is C3H10N2S. The maximum atomic E-state index is 5.09. The van der Waals surface area contributed by atoms with E-state index in [1.807, 2.05) is 7.05 Å². The molecule has 0 atom stereocenters. The van der Waals surface area contributed by atoms with E-state index in [0.717, 1.165) is 12.3 Å². The van der Waals surface area contributed by atoms with E-state index in [-0.39, 0.29) is 0 Å². The second-order valence-electron chi connectivity index (χ2n) is 0.974. The largest absolute Gasteiger partial charge is 0.319 e. The van der Waals surface area contributed by atoms with E-state index in [0.29, 0.717) is 0 Å². The molecule has 0 saturated heterocycles. The molecular weight excluding hydrogens is 96.1 g/mol. The molecule has 0 spiro atoms. The summed E-state index contributed by atoms with van der Waals surface area (Å²) >= 11 is 1.36. The van der Waals surface area contributed by atoms with Crippen molar-refractivity contribution in [3.63, 3.8) is 0 Å². The minimum Gasteiger partial charge on any atom is -0.319 e. The van der Waals surface area contributed by atoms with Crippen LogP contribution < -0.4 is 10.5 Å². The van der Waals surface area contributed by atoms with Crippen LogP contribution in [0.25, 0.3) is 0 Å². The summed E-state index contributed by atoms with van der Waals surface area (Å²) in [5.74, 6) is 0.997. The Hall–Kier alpha value is 0.270. The van der Waals surface area contributed by atoms with E-state index in [9.17, 15) is 0 Å². The summed E-state index contributed by atoms with van der Waals surface area (Å²) in [5, 5.41) is 8.06. The van der Waals surface area contributed by atoms with E-state index in [1.54, 1.807) is 0 Å². The Kier molecular flexibility index (Phi) is 5.51. The Labute approximate surface area is 42.6 Å². The molecule has 38 valence electrons. The molecule has 0 unspecified atom stereocenters. The van der Waals surface area contributed by atoms with Crippen molar-refractivity contribution in [3.8, 4) is 0 Å². The normalized spacial score (nSPS) is 9.00. The molecule has 0 aromatic carbocycles. The SMILES string of the molecule is CNCCSN. The van der Waals surface area contributed by atoms with Crippen molar-refractivity contribution in [2.45, 2.75) is 0 Å². The topological polar surface area (TPSA) is 38.0 Å². The van der Waals surface area contributed by atoms with Gasteiger partial charge in [-0.05, 0) is 7.05 Å². The lowest BCUT2D eigenvalue weighted by Gasteiger charge is -1.89. The first kappa shape index (κ1) is 6.27. The summed E-state index contributed by atoms with van der Waals surface area (Å²) in [6.45, 7) is 1.00. The lowest BCUT2D eigenvalue weighted by molar-refractivity contribution is 0.872. The molecule has 0 bridgehead atoms. The van der Waals surface area contributed by atoms with Crippen LogP contribution in [0.2, 0.25) is 0 Å². The van der Waals surface area contributed by atoms with Crippen LogP contribution in [0.15, 0.2) is 0 Å². The van der Waals surface area contributed by atoms with Gasteiger partial charge >= 0.3 is 0 Å². The van der Waals surface area contributed by atoms with Crippen LogP contribution in [-0.4, -0.2) is 19.3 Å². The van der Waals surface area contributed by atoms with Crippen LogP contribution >= 0.6 is 11.9 Å². The summed E-state index contributed by atoms with van der Waals surface area (Å²) < 4.78 is 0. The van der Waals surface area contributed by atoms with Crippen molar-refractivity contribution in [3.05, 3.63) is 0 Å². The highest BCUT2D eigenvalue weighted by Gasteiger charge is 1.73. The van der Waals surface area contributed by atoms with Crippen LogP contribution in [0, 0.1) is 0 Å². The van der Waals surface area contributed by atoms with Gasteiger partial charge in [-0.2, -0.15) is 0 Å². The predicted octanol–water partition coefficient (Wildman–Crippen LogP) is -0.187. The van der Waals surface area contributed by atoms with Gasteiger partial charge < -0.3 is 5.32 Å². The van der Waals surface area contributed by atoms with Crippen LogP contribution in [0.5, 0.6) is 0 Å². The van der Waals surface area contributed by atoms with Gasteiger partial charge in [0.1, 0.15) is 0 Å². The third-order valence-electron chi connectivity index (χ3n) is 0.470. The summed E-state index contributed by atoms with van der Waals surface area (Å²) in [4.78, 5) is 0. The first-order chi connectivity index (χ1) is 2.91. The van der Waals surface area contributed by atoms with Gasteiger partial charge in [0.2, 0.25) is 0 Å². The quantitative estimate of drug-likeness (QED) is 0.387. The van der Waals surface area contributed by atoms with Gasteiger partial charge in [-0.15, -0.1) is 0 Å². The highest BCUT2D eigenvalue weighted by molar-refractivity contribution is 7.97. The molecule has 2 nitrogen and oxygen atoms in total. The fourth-order valence-electron chi connectivity index (χ4n) is 0.161. The molecule has 0 amide bonds. The summed E-state index contributed by atoms with van der Waals surface area (Å²) in [5.41, 5.74) is 0. The lowest BCUT2D eigenvalue weighted by Crippen LogP contribution is -2.10. The second-order valence-corrected chi connectivity index (χ2v) is 1.72. The zero-order valence-electron chi connectivity index (χ0n) is 3.90. The highest BCUT2D eigenvalue weighted by Crippen LogP contribution is 1.78. The van der Waals surface area contributed by atoms with Gasteiger partial charge in [-0.1, -0.05) is 11.9 Å². The van der Waals surface area contributed by atoms with Crippen molar-refractivity contribution in [1.82, 2.24) is 5.32 Å². The smallest absolute Gasteiger partial charge is 0.0202 e. The predicted molar refractivity (Wildman–Crippen MR) is 30.6 cm³/mol. The molecule has 3 N–H and O–H groups in total. The third kappa shape index (κ3) is 4.27. The van der Waals surface area contributed by atoms with Crippen molar-refractivity contribution in [2.24, 2.45) is 5.14 Å². The molecule has 0 aromatic rings. The zero-order chi connectivity index (χ0) is 4.83. The van der Waals surface area contributed by atoms with Crippen LogP contribution in [0.1, 0.15) is 0 Å². The number of hydrogen-bond donors (Lipinski definition) is 2. The average molecular weight is 106 g/mol. The molecule has 0 saturated carbocycles. The van der Waals surface area contributed by atoms with E-state index in [4.69, 9.17) is 5.14 Å². The number of hydrogen-bond acceptors (Lipinski definition) is 3. The average Bonchev–Trinajstić information content (AvgIpc) is 1.61. The van der Waals surface area contributed by atoms with Crippen LogP contribution in [0.4, 0.5) is 0 Å². The van der Waals surface area contributed by atoms with Gasteiger partial charge in [0, 0.05) is 12.3 Å². The first-order valence-corrected chi connectivity index (χ1v) is 2.93. The van der Waals surface area contributed by atoms with Crippen molar-refractivity contribution < 1.29 is 0 Å². The van der Waals surface area contributed by atoms with Crippen molar-refractivity contribution in [2.75, 3.05) is 19.3 Å². The van der Waals surface area contributed by atoms with Crippen LogP contribution in [0.3, 0.4) is 0 Å². The maximum Gasteiger partial charge on any atom is 0.0202 e. The van der Waals surface area contributed by atoms with E-state index < -0.39 is 0 Å².